The second-order valence-electron chi connectivity index (χ2n) is 6.17. The van der Waals surface area contributed by atoms with Gasteiger partial charge in [0.1, 0.15) is 4.90 Å². The number of pyridine rings is 1. The van der Waals surface area contributed by atoms with Crippen molar-refractivity contribution in [3.8, 4) is 0 Å². The normalized spacial score (nSPS) is 15.8. The molecule has 0 bridgehead atoms. The first kappa shape index (κ1) is 17.6. The number of nitrogens with one attached hydrogen (secondary N) is 1. The first-order chi connectivity index (χ1) is 12.0. The number of aromatic nitrogens is 1. The molecule has 0 radical (unpaired) electrons. The molecule has 132 valence electrons. The van der Waals surface area contributed by atoms with Crippen LogP contribution in [0.2, 0.25) is 0 Å². The monoisotopic (exact) mass is 359 g/mol. The fourth-order valence-electron chi connectivity index (χ4n) is 2.66. The van der Waals surface area contributed by atoms with Gasteiger partial charge in [0.2, 0.25) is 15.9 Å². The molecule has 7 heteroatoms. The molecule has 2 aromatic rings. The molecule has 1 aromatic carbocycles. The van der Waals surface area contributed by atoms with E-state index >= 15 is 0 Å². The number of rotatable bonds is 7. The van der Waals surface area contributed by atoms with Crippen LogP contribution in [0.3, 0.4) is 0 Å². The Balaban J connectivity index is 1.71. The highest BCUT2D eigenvalue weighted by Crippen LogP contribution is 2.31. The van der Waals surface area contributed by atoms with Crippen molar-refractivity contribution in [2.75, 3.05) is 6.54 Å². The highest BCUT2D eigenvalue weighted by atomic mass is 32.2. The SMILES string of the molecule is C[C@H](NC(=O)CN(C1CC1)S(=O)(=O)c1cccnc1)c1ccccc1. The number of carbonyl (C=O) groups excluding carboxylic acids is 1. The van der Waals surface area contributed by atoms with Crippen LogP contribution in [0.1, 0.15) is 31.4 Å². The van der Waals surface area contributed by atoms with Crippen LogP contribution >= 0.6 is 0 Å². The zero-order valence-electron chi connectivity index (χ0n) is 14.0. The summed E-state index contributed by atoms with van der Waals surface area (Å²) in [6.45, 7) is 1.70. The molecule has 1 fully saturated rings. The summed E-state index contributed by atoms with van der Waals surface area (Å²) >= 11 is 0. The van der Waals surface area contributed by atoms with E-state index < -0.39 is 10.0 Å². The Morgan fingerprint density at radius 3 is 2.56 bits per heavy atom. The van der Waals surface area contributed by atoms with E-state index in [-0.39, 0.29) is 29.4 Å². The summed E-state index contributed by atoms with van der Waals surface area (Å²) < 4.78 is 26.9. The summed E-state index contributed by atoms with van der Waals surface area (Å²) in [4.78, 5) is 16.4. The quantitative estimate of drug-likeness (QED) is 0.821. The molecule has 1 aliphatic rings. The predicted octanol–water partition coefficient (Wildman–Crippen LogP) is 2.11. The van der Waals surface area contributed by atoms with Gasteiger partial charge in [-0.25, -0.2) is 8.42 Å². The smallest absolute Gasteiger partial charge is 0.245 e. The van der Waals surface area contributed by atoms with Gasteiger partial charge >= 0.3 is 0 Å². The van der Waals surface area contributed by atoms with E-state index in [4.69, 9.17) is 0 Å². The van der Waals surface area contributed by atoms with E-state index in [2.05, 4.69) is 10.3 Å². The number of hydrogen-bond donors (Lipinski definition) is 1. The molecule has 1 amide bonds. The summed E-state index contributed by atoms with van der Waals surface area (Å²) in [6, 6.07) is 12.4. The number of carbonyl (C=O) groups is 1. The lowest BCUT2D eigenvalue weighted by atomic mass is 10.1. The van der Waals surface area contributed by atoms with Gasteiger partial charge in [0.05, 0.1) is 12.6 Å². The zero-order valence-corrected chi connectivity index (χ0v) is 14.8. The molecule has 0 spiro atoms. The van der Waals surface area contributed by atoms with Gasteiger partial charge in [-0.15, -0.1) is 0 Å². The molecule has 1 heterocycles. The van der Waals surface area contributed by atoms with Crippen molar-refractivity contribution < 1.29 is 13.2 Å². The lowest BCUT2D eigenvalue weighted by molar-refractivity contribution is -0.122. The van der Waals surface area contributed by atoms with Crippen molar-refractivity contribution >= 4 is 15.9 Å². The van der Waals surface area contributed by atoms with Gasteiger partial charge in [0.25, 0.3) is 0 Å². The Kier molecular flexibility index (Phi) is 5.15. The van der Waals surface area contributed by atoms with Gasteiger partial charge in [-0.2, -0.15) is 4.31 Å². The average Bonchev–Trinajstić information content (AvgIpc) is 3.46. The highest BCUT2D eigenvalue weighted by Gasteiger charge is 2.39. The van der Waals surface area contributed by atoms with Crippen molar-refractivity contribution in [3.63, 3.8) is 0 Å². The number of amides is 1. The average molecular weight is 359 g/mol. The summed E-state index contributed by atoms with van der Waals surface area (Å²) in [5.41, 5.74) is 0.976. The maximum absolute atomic E-state index is 12.8. The standard InChI is InChI=1S/C18H21N3O3S/c1-14(15-6-3-2-4-7-15)20-18(22)13-21(16-9-10-16)25(23,24)17-8-5-11-19-12-17/h2-8,11-12,14,16H,9-10,13H2,1H3,(H,20,22)/t14-/m0/s1. The van der Waals surface area contributed by atoms with Crippen molar-refractivity contribution in [2.45, 2.75) is 36.7 Å². The van der Waals surface area contributed by atoms with Crippen molar-refractivity contribution in [3.05, 3.63) is 60.4 Å². The van der Waals surface area contributed by atoms with Gasteiger partial charge in [-0.05, 0) is 37.5 Å². The molecule has 25 heavy (non-hydrogen) atoms. The lowest BCUT2D eigenvalue weighted by Gasteiger charge is -2.22. The third-order valence-electron chi connectivity index (χ3n) is 4.17. The fraction of sp³-hybridized carbons (Fsp3) is 0.333. The van der Waals surface area contributed by atoms with Crippen LogP contribution < -0.4 is 5.32 Å². The van der Waals surface area contributed by atoms with E-state index in [9.17, 15) is 13.2 Å². The van der Waals surface area contributed by atoms with Crippen molar-refractivity contribution in [1.82, 2.24) is 14.6 Å². The van der Waals surface area contributed by atoms with Gasteiger partial charge in [-0.3, -0.25) is 9.78 Å². The molecule has 1 aliphatic carbocycles. The third-order valence-corrected chi connectivity index (χ3v) is 6.05. The van der Waals surface area contributed by atoms with Crippen LogP contribution in [-0.4, -0.2) is 36.2 Å². The van der Waals surface area contributed by atoms with E-state index in [0.717, 1.165) is 18.4 Å². The second kappa shape index (κ2) is 7.33. The topological polar surface area (TPSA) is 79.4 Å². The van der Waals surface area contributed by atoms with Crippen LogP contribution in [0.25, 0.3) is 0 Å². The van der Waals surface area contributed by atoms with Gasteiger partial charge < -0.3 is 5.32 Å². The zero-order chi connectivity index (χ0) is 17.9. The van der Waals surface area contributed by atoms with Crippen LogP contribution in [0.5, 0.6) is 0 Å². The fourth-order valence-corrected chi connectivity index (χ4v) is 4.27. The van der Waals surface area contributed by atoms with Gasteiger partial charge in [0, 0.05) is 18.4 Å². The third kappa shape index (κ3) is 4.24. The minimum Gasteiger partial charge on any atom is -0.348 e. The van der Waals surface area contributed by atoms with Gasteiger partial charge in [0.15, 0.2) is 0 Å². The second-order valence-corrected chi connectivity index (χ2v) is 8.06. The Bertz CT molecular complexity index is 821. The minimum absolute atomic E-state index is 0.108. The first-order valence-electron chi connectivity index (χ1n) is 8.24. The molecule has 0 saturated heterocycles. The number of hydrogen-bond acceptors (Lipinski definition) is 4. The number of nitrogens with zero attached hydrogens (tertiary/aromatic N) is 2. The molecule has 6 nitrogen and oxygen atoms in total. The Hall–Kier alpha value is -2.25. The van der Waals surface area contributed by atoms with Crippen LogP contribution in [0.15, 0.2) is 59.8 Å². The van der Waals surface area contributed by atoms with E-state index in [1.165, 1.54) is 22.8 Å². The largest absolute Gasteiger partial charge is 0.348 e. The summed E-state index contributed by atoms with van der Waals surface area (Å²) in [7, 11) is -3.72. The van der Waals surface area contributed by atoms with Crippen LogP contribution in [0, 0.1) is 0 Å². The molecule has 1 atom stereocenters. The molecular weight excluding hydrogens is 338 g/mol. The Labute approximate surface area is 147 Å². The highest BCUT2D eigenvalue weighted by molar-refractivity contribution is 7.89. The van der Waals surface area contributed by atoms with Crippen LogP contribution in [0.4, 0.5) is 0 Å². The van der Waals surface area contributed by atoms with E-state index in [1.807, 2.05) is 37.3 Å². The Morgan fingerprint density at radius 1 is 1.24 bits per heavy atom. The lowest BCUT2D eigenvalue weighted by Crippen LogP contribution is -2.42. The first-order valence-corrected chi connectivity index (χ1v) is 9.68. The molecule has 1 aromatic heterocycles. The van der Waals surface area contributed by atoms with E-state index in [1.54, 1.807) is 6.07 Å². The molecule has 3 rings (SSSR count). The van der Waals surface area contributed by atoms with Crippen molar-refractivity contribution in [1.29, 1.82) is 0 Å². The predicted molar refractivity (Wildman–Crippen MR) is 94.2 cm³/mol. The maximum atomic E-state index is 12.8. The van der Waals surface area contributed by atoms with Crippen molar-refractivity contribution in [2.24, 2.45) is 0 Å². The molecular formula is C18H21N3O3S. The summed E-state index contributed by atoms with van der Waals surface area (Å²) in [6.07, 6.45) is 4.39. The molecule has 0 aliphatic heterocycles. The van der Waals surface area contributed by atoms with Crippen LogP contribution in [-0.2, 0) is 14.8 Å². The molecule has 1 saturated carbocycles. The minimum atomic E-state index is -3.72. The maximum Gasteiger partial charge on any atom is 0.245 e. The number of benzene rings is 1. The number of sulfonamides is 1. The van der Waals surface area contributed by atoms with E-state index in [0.29, 0.717) is 0 Å². The molecule has 1 N–H and O–H groups in total. The summed E-state index contributed by atoms with van der Waals surface area (Å²) in [5, 5.41) is 2.87. The Morgan fingerprint density at radius 2 is 1.96 bits per heavy atom. The molecule has 0 unspecified atom stereocenters. The van der Waals surface area contributed by atoms with Gasteiger partial charge in [-0.1, -0.05) is 30.3 Å². The summed E-state index contributed by atoms with van der Waals surface area (Å²) in [5.74, 6) is -0.310.